The molecule has 15 heavy (non-hydrogen) atoms. The fraction of sp³-hybridized carbons (Fsp3) is 0. The second-order valence-electron chi connectivity index (χ2n) is 2.65. The summed E-state index contributed by atoms with van der Waals surface area (Å²) >= 11 is 0.964. The first-order chi connectivity index (χ1) is 7.09. The van der Waals surface area contributed by atoms with Crippen molar-refractivity contribution in [3.8, 4) is 10.7 Å². The highest BCUT2D eigenvalue weighted by Gasteiger charge is 2.16. The molecule has 0 aliphatic carbocycles. The fourth-order valence-corrected chi connectivity index (χ4v) is 1.82. The number of rotatable bonds is 2. The number of hydrogen-bond acceptors (Lipinski definition) is 7. The summed E-state index contributed by atoms with van der Waals surface area (Å²) in [5.41, 5.74) is 5.38. The number of nitrogens with two attached hydrogens (primary N) is 2. The second kappa shape index (κ2) is 3.20. The van der Waals surface area contributed by atoms with E-state index >= 15 is 0 Å². The summed E-state index contributed by atoms with van der Waals surface area (Å²) in [4.78, 5) is 10.5. The van der Waals surface area contributed by atoms with Crippen LogP contribution in [0.15, 0.2) is 12.1 Å². The summed E-state index contributed by atoms with van der Waals surface area (Å²) in [5, 5.41) is 17.7. The molecule has 0 aromatic carbocycles. The minimum atomic E-state index is -0.477. The van der Waals surface area contributed by atoms with Gasteiger partial charge >= 0.3 is 5.00 Å². The van der Waals surface area contributed by atoms with Crippen LogP contribution >= 0.6 is 11.3 Å². The van der Waals surface area contributed by atoms with Crippen LogP contribution in [0.2, 0.25) is 0 Å². The van der Waals surface area contributed by atoms with Crippen molar-refractivity contribution in [3.63, 3.8) is 0 Å². The zero-order valence-electron chi connectivity index (χ0n) is 7.32. The van der Waals surface area contributed by atoms with E-state index in [9.17, 15) is 10.1 Å². The third-order valence-electron chi connectivity index (χ3n) is 1.71. The Morgan fingerprint density at radius 2 is 2.20 bits per heavy atom. The van der Waals surface area contributed by atoms with E-state index in [1.807, 2.05) is 0 Å². The van der Waals surface area contributed by atoms with Crippen molar-refractivity contribution >= 4 is 22.3 Å². The number of nitrogen functional groups attached to an aromatic ring is 2. The highest BCUT2D eigenvalue weighted by atomic mass is 32.1. The van der Waals surface area contributed by atoms with Gasteiger partial charge in [-0.15, -0.1) is 10.2 Å². The topological polar surface area (TPSA) is 126 Å². The van der Waals surface area contributed by atoms with Crippen molar-refractivity contribution in [3.05, 3.63) is 22.2 Å². The van der Waals surface area contributed by atoms with E-state index in [1.54, 1.807) is 6.07 Å². The SMILES string of the molecule is Nc1nnc(-c2ccc([N+](=O)[O-])s2)n1N. The molecule has 8 nitrogen and oxygen atoms in total. The Hall–Kier alpha value is -2.16. The molecule has 0 saturated heterocycles. The van der Waals surface area contributed by atoms with Crippen LogP contribution in [-0.2, 0) is 0 Å². The molecule has 0 amide bonds. The lowest BCUT2D eigenvalue weighted by molar-refractivity contribution is -0.380. The first-order valence-corrected chi connectivity index (χ1v) is 4.62. The predicted molar refractivity (Wildman–Crippen MR) is 54.6 cm³/mol. The maximum Gasteiger partial charge on any atom is 0.324 e. The number of hydrogen-bond donors (Lipinski definition) is 2. The molecule has 0 bridgehead atoms. The van der Waals surface area contributed by atoms with Gasteiger partial charge in [0.15, 0.2) is 5.82 Å². The van der Waals surface area contributed by atoms with Crippen molar-refractivity contribution in [2.45, 2.75) is 0 Å². The van der Waals surface area contributed by atoms with Crippen LogP contribution in [0.1, 0.15) is 0 Å². The molecular formula is C6H6N6O2S. The monoisotopic (exact) mass is 226 g/mol. The summed E-state index contributed by atoms with van der Waals surface area (Å²) in [6, 6.07) is 2.93. The molecule has 2 aromatic rings. The molecule has 0 spiro atoms. The van der Waals surface area contributed by atoms with Crippen molar-refractivity contribution in [1.82, 2.24) is 14.9 Å². The molecule has 0 aliphatic heterocycles. The lowest BCUT2D eigenvalue weighted by atomic mass is 10.4. The van der Waals surface area contributed by atoms with Crippen LogP contribution in [0.4, 0.5) is 10.9 Å². The normalized spacial score (nSPS) is 10.4. The summed E-state index contributed by atoms with van der Waals surface area (Å²) in [6.45, 7) is 0. The first kappa shape index (κ1) is 9.40. The summed E-state index contributed by atoms with van der Waals surface area (Å²) < 4.78 is 1.08. The van der Waals surface area contributed by atoms with Gasteiger partial charge in [-0.05, 0) is 6.07 Å². The van der Waals surface area contributed by atoms with Crippen LogP contribution in [0.5, 0.6) is 0 Å². The van der Waals surface area contributed by atoms with Gasteiger partial charge in [0, 0.05) is 6.07 Å². The van der Waals surface area contributed by atoms with Gasteiger partial charge in [0.1, 0.15) is 0 Å². The Labute approximate surface area is 87.3 Å². The minimum Gasteiger partial charge on any atom is -0.366 e. The number of aromatic nitrogens is 3. The zero-order valence-corrected chi connectivity index (χ0v) is 8.14. The van der Waals surface area contributed by atoms with Gasteiger partial charge < -0.3 is 11.6 Å². The van der Waals surface area contributed by atoms with Crippen molar-refractivity contribution in [1.29, 1.82) is 0 Å². The number of anilines is 1. The highest BCUT2D eigenvalue weighted by Crippen LogP contribution is 2.31. The van der Waals surface area contributed by atoms with Gasteiger partial charge in [0.05, 0.1) is 9.80 Å². The molecule has 78 valence electrons. The van der Waals surface area contributed by atoms with E-state index in [1.165, 1.54) is 6.07 Å². The van der Waals surface area contributed by atoms with Crippen LogP contribution < -0.4 is 11.6 Å². The Morgan fingerprint density at radius 1 is 1.47 bits per heavy atom. The van der Waals surface area contributed by atoms with Crippen molar-refractivity contribution < 1.29 is 4.92 Å². The average molecular weight is 226 g/mol. The van der Waals surface area contributed by atoms with Crippen LogP contribution in [0.3, 0.4) is 0 Å². The lowest BCUT2D eigenvalue weighted by Crippen LogP contribution is -2.12. The highest BCUT2D eigenvalue weighted by molar-refractivity contribution is 7.18. The molecule has 9 heteroatoms. The first-order valence-electron chi connectivity index (χ1n) is 3.80. The van der Waals surface area contributed by atoms with E-state index < -0.39 is 4.92 Å². The molecule has 0 atom stereocenters. The summed E-state index contributed by atoms with van der Waals surface area (Å²) in [7, 11) is 0. The number of nitro groups is 1. The fourth-order valence-electron chi connectivity index (χ4n) is 1.02. The predicted octanol–water partition coefficient (Wildman–Crippen LogP) is 0.211. The number of thiophene rings is 1. The summed E-state index contributed by atoms with van der Waals surface area (Å²) in [6.07, 6.45) is 0. The largest absolute Gasteiger partial charge is 0.366 e. The maximum absolute atomic E-state index is 10.5. The molecule has 2 rings (SSSR count). The van der Waals surface area contributed by atoms with E-state index in [0.717, 1.165) is 16.0 Å². The Kier molecular flexibility index (Phi) is 2.01. The Morgan fingerprint density at radius 3 is 2.67 bits per heavy atom. The smallest absolute Gasteiger partial charge is 0.324 e. The summed E-state index contributed by atoms with van der Waals surface area (Å²) in [5.74, 6) is 5.89. The average Bonchev–Trinajstić information content (AvgIpc) is 2.76. The molecule has 2 aromatic heterocycles. The molecule has 0 fully saturated rings. The molecular weight excluding hydrogens is 220 g/mol. The van der Waals surface area contributed by atoms with Crippen molar-refractivity contribution in [2.75, 3.05) is 11.6 Å². The Balaban J connectivity index is 2.46. The van der Waals surface area contributed by atoms with Gasteiger partial charge in [-0.1, -0.05) is 11.3 Å². The van der Waals surface area contributed by atoms with Gasteiger partial charge in [-0.25, -0.2) is 4.68 Å². The van der Waals surface area contributed by atoms with Crippen LogP contribution in [-0.4, -0.2) is 19.8 Å². The van der Waals surface area contributed by atoms with E-state index in [4.69, 9.17) is 11.6 Å². The van der Waals surface area contributed by atoms with Gasteiger partial charge in [-0.2, -0.15) is 0 Å². The molecule has 0 unspecified atom stereocenters. The minimum absolute atomic E-state index is 0.0200. The third-order valence-corrected chi connectivity index (χ3v) is 2.75. The second-order valence-corrected chi connectivity index (χ2v) is 3.71. The number of nitrogens with zero attached hydrogens (tertiary/aromatic N) is 4. The maximum atomic E-state index is 10.5. The molecule has 0 aliphatic rings. The molecule has 2 heterocycles. The van der Waals surface area contributed by atoms with Crippen LogP contribution in [0, 0.1) is 10.1 Å². The third kappa shape index (κ3) is 1.48. The van der Waals surface area contributed by atoms with Gasteiger partial charge in [0.2, 0.25) is 5.95 Å². The lowest BCUT2D eigenvalue weighted by Gasteiger charge is -1.96. The van der Waals surface area contributed by atoms with Gasteiger partial charge in [0.25, 0.3) is 0 Å². The molecule has 0 radical (unpaired) electrons. The zero-order chi connectivity index (χ0) is 11.0. The molecule has 0 saturated carbocycles. The van der Waals surface area contributed by atoms with E-state index in [0.29, 0.717) is 10.7 Å². The standard InChI is InChI=1S/C6H6N6O2S/c7-6-10-9-5(11(6)8)3-1-2-4(15-3)12(13)14/h1-2H,8H2,(H2,7,10). The van der Waals surface area contributed by atoms with Crippen LogP contribution in [0.25, 0.3) is 10.7 Å². The molecule has 4 N–H and O–H groups in total. The van der Waals surface area contributed by atoms with Gasteiger partial charge in [-0.3, -0.25) is 10.1 Å². The van der Waals surface area contributed by atoms with E-state index in [2.05, 4.69) is 10.2 Å². The van der Waals surface area contributed by atoms with E-state index in [-0.39, 0.29) is 10.9 Å². The van der Waals surface area contributed by atoms with Crippen molar-refractivity contribution in [2.24, 2.45) is 0 Å². The Bertz CT molecular complexity index is 517. The quantitative estimate of drug-likeness (QED) is 0.428.